The third kappa shape index (κ3) is 8.86. The van der Waals surface area contributed by atoms with E-state index in [4.69, 9.17) is 14.5 Å². The van der Waals surface area contributed by atoms with Crippen molar-refractivity contribution in [3.05, 3.63) is 71.8 Å². The van der Waals surface area contributed by atoms with Crippen LogP contribution in [-0.2, 0) is 9.47 Å². The molecule has 5 aliphatic rings. The Morgan fingerprint density at radius 3 is 1.69 bits per heavy atom. The van der Waals surface area contributed by atoms with Crippen molar-refractivity contribution < 1.29 is 36.6 Å². The van der Waals surface area contributed by atoms with Crippen molar-refractivity contribution in [1.82, 2.24) is 54.1 Å². The second-order valence-corrected chi connectivity index (χ2v) is 18.7. The number of halogens is 4. The van der Waals surface area contributed by atoms with Crippen molar-refractivity contribution in [2.24, 2.45) is 11.8 Å². The number of nitrogens with zero attached hydrogens (tertiary/aromatic N) is 12. The lowest BCUT2D eigenvalue weighted by Crippen LogP contribution is -2.37. The quantitative estimate of drug-likeness (QED) is 0.106. The number of alkyl halides is 4. The molecule has 11 rings (SSSR count). The first-order chi connectivity index (χ1) is 33.1. The van der Waals surface area contributed by atoms with Gasteiger partial charge in [0.1, 0.15) is 22.8 Å². The summed E-state index contributed by atoms with van der Waals surface area (Å²) in [7, 11) is 0. The molecule has 2 bridgehead atoms. The van der Waals surface area contributed by atoms with E-state index in [1.54, 1.807) is 21.8 Å². The van der Waals surface area contributed by atoms with Gasteiger partial charge >= 0.3 is 0 Å². The Labute approximate surface area is 387 Å². The predicted molar refractivity (Wildman–Crippen MR) is 240 cm³/mol. The van der Waals surface area contributed by atoms with Crippen LogP contribution in [0.1, 0.15) is 115 Å². The fraction of sp³-hybridized carbons (Fsp3) is 0.556. The molecular formula is C45H53F4N15O4. The summed E-state index contributed by atoms with van der Waals surface area (Å²) in [6, 6.07) is 3.74. The van der Waals surface area contributed by atoms with Gasteiger partial charge in [0.25, 0.3) is 24.7 Å². The number of nitrogens with one attached hydrogen (secondary N) is 3. The molecule has 9 heterocycles. The Hall–Kier alpha value is -6.20. The summed E-state index contributed by atoms with van der Waals surface area (Å²) in [5.74, 6) is 1.04. The van der Waals surface area contributed by atoms with Gasteiger partial charge in [0.05, 0.1) is 67.8 Å². The molecule has 3 N–H and O–H groups in total. The predicted octanol–water partition coefficient (Wildman–Crippen LogP) is 6.11. The average molecular weight is 944 g/mol. The van der Waals surface area contributed by atoms with Crippen LogP contribution in [0.3, 0.4) is 0 Å². The van der Waals surface area contributed by atoms with Gasteiger partial charge in [-0.1, -0.05) is 0 Å². The van der Waals surface area contributed by atoms with Gasteiger partial charge in [0.15, 0.2) is 22.7 Å². The number of anilines is 4. The third-order valence-corrected chi connectivity index (χ3v) is 14.4. The van der Waals surface area contributed by atoms with Crippen LogP contribution in [0.2, 0.25) is 0 Å². The Bertz CT molecular complexity index is 2770. The van der Waals surface area contributed by atoms with Gasteiger partial charge in [-0.05, 0) is 94.8 Å². The van der Waals surface area contributed by atoms with Crippen molar-refractivity contribution in [1.29, 1.82) is 0 Å². The first kappa shape index (κ1) is 44.3. The number of fused-ring (bicyclic) bond motifs is 4. The number of ether oxygens (including phenoxy) is 2. The number of rotatable bonds is 14. The molecule has 0 spiro atoms. The standard InChI is InChI=1S/C45H53F4N15O4/c46-40(47)38-34(53-44(65)32-20-51-61-11-9-36(55-42(32)61)59-13-15-67-16-14-59)23-63(57-38)28-5-1-26(2-6-28)18-50-19-27-3-7-29(8-4-27)64-24-35(39(58-64)41(48)49)54-45(66)33-21-52-62-12-10-37(56-43(33)62)60-22-31-17-30(60)25-68-31/h9-12,20-21,23-24,26-31,40-41,50H,1-8,13-19,22,25H2,(H,53,65)(H,54,66)/t26-,27-,28-,29-,30-,31-/m1/s1. The summed E-state index contributed by atoms with van der Waals surface area (Å²) >= 11 is 0. The smallest absolute Gasteiger partial charge is 0.284 e. The van der Waals surface area contributed by atoms with Gasteiger partial charge in [-0.15, -0.1) is 0 Å². The molecule has 6 aromatic heterocycles. The summed E-state index contributed by atoms with van der Waals surface area (Å²) < 4.78 is 74.5. The normalized spacial score (nSPS) is 24.3. The molecule has 6 aromatic rings. The minimum absolute atomic E-state index is 0.0296. The number of hydrogen-bond donors (Lipinski definition) is 3. The maximum Gasteiger partial charge on any atom is 0.284 e. The maximum absolute atomic E-state index is 14.3. The topological polar surface area (TPSA) is 191 Å². The van der Waals surface area contributed by atoms with Gasteiger partial charge in [-0.3, -0.25) is 19.0 Å². The van der Waals surface area contributed by atoms with E-state index in [-0.39, 0.29) is 46.7 Å². The van der Waals surface area contributed by atoms with Gasteiger partial charge in [-0.2, -0.15) is 20.4 Å². The Balaban J connectivity index is 0.648. The zero-order chi connectivity index (χ0) is 46.5. The summed E-state index contributed by atoms with van der Waals surface area (Å²) in [6.45, 7) is 5.49. The van der Waals surface area contributed by atoms with Gasteiger partial charge in [0.2, 0.25) is 0 Å². The molecule has 0 aromatic carbocycles. The van der Waals surface area contributed by atoms with E-state index in [0.29, 0.717) is 61.9 Å². The van der Waals surface area contributed by atoms with Crippen LogP contribution in [0.25, 0.3) is 11.3 Å². The molecule has 19 nitrogen and oxygen atoms in total. The largest absolute Gasteiger partial charge is 0.378 e. The molecule has 3 aliphatic heterocycles. The molecule has 2 aliphatic carbocycles. The first-order valence-corrected chi connectivity index (χ1v) is 23.6. The van der Waals surface area contributed by atoms with Crippen molar-refractivity contribution in [3.63, 3.8) is 0 Å². The highest BCUT2D eigenvalue weighted by Crippen LogP contribution is 2.38. The van der Waals surface area contributed by atoms with Gasteiger partial charge in [-0.25, -0.2) is 36.6 Å². The fourth-order valence-corrected chi connectivity index (χ4v) is 10.6. The van der Waals surface area contributed by atoms with Crippen molar-refractivity contribution >= 4 is 46.1 Å². The van der Waals surface area contributed by atoms with E-state index < -0.39 is 36.1 Å². The third-order valence-electron chi connectivity index (χ3n) is 14.4. The van der Waals surface area contributed by atoms with E-state index >= 15 is 0 Å². The molecule has 3 saturated heterocycles. The molecule has 0 radical (unpaired) electrons. The highest BCUT2D eigenvalue weighted by molar-refractivity contribution is 6.09. The second-order valence-electron chi connectivity index (χ2n) is 18.7. The molecule has 23 heteroatoms. The fourth-order valence-electron chi connectivity index (χ4n) is 10.6. The molecule has 0 unspecified atom stereocenters. The van der Waals surface area contributed by atoms with Gasteiger partial charge in [0, 0.05) is 44.4 Å². The van der Waals surface area contributed by atoms with Crippen LogP contribution in [0.4, 0.5) is 40.6 Å². The van der Waals surface area contributed by atoms with Crippen LogP contribution in [-0.4, -0.2) is 125 Å². The van der Waals surface area contributed by atoms with Crippen LogP contribution in [0, 0.1) is 11.8 Å². The Morgan fingerprint density at radius 2 is 1.21 bits per heavy atom. The van der Waals surface area contributed by atoms with Gasteiger partial charge < -0.3 is 35.2 Å². The molecule has 5 fully saturated rings. The highest BCUT2D eigenvalue weighted by atomic mass is 19.3. The molecule has 68 heavy (non-hydrogen) atoms. The summed E-state index contributed by atoms with van der Waals surface area (Å²) in [5, 5.41) is 26.0. The minimum atomic E-state index is -2.88. The van der Waals surface area contributed by atoms with E-state index in [9.17, 15) is 27.2 Å². The van der Waals surface area contributed by atoms with Crippen LogP contribution < -0.4 is 25.8 Å². The number of morpholine rings is 2. The number of carbonyl (C=O) groups excluding carboxylic acids is 2. The van der Waals surface area contributed by atoms with E-state index in [2.05, 4.69) is 51.1 Å². The molecule has 360 valence electrons. The average Bonchev–Trinajstić information content (AvgIpc) is 4.23. The first-order valence-electron chi connectivity index (χ1n) is 23.6. The number of hydrogen-bond acceptors (Lipinski definition) is 13. The lowest BCUT2D eigenvalue weighted by molar-refractivity contribution is 0.0988. The monoisotopic (exact) mass is 943 g/mol. The zero-order valence-corrected chi connectivity index (χ0v) is 37.3. The summed E-state index contributed by atoms with van der Waals surface area (Å²) in [4.78, 5) is 40.7. The molecule has 2 saturated carbocycles. The number of aromatic nitrogens is 10. The lowest BCUT2D eigenvalue weighted by Gasteiger charge is -2.31. The minimum Gasteiger partial charge on any atom is -0.378 e. The SMILES string of the molecule is O=C(Nc1cn([C@H]2CC[C@H](CNC[C@H]3CC[C@H](n4cc(NC(=O)c5cnn6ccc(N7C[C@H]8C[C@@H]7CO8)nc56)c(C(F)F)n4)CC3)CC2)nc1C(F)F)c1cnn2ccc(N3CCOCC3)nc12. The summed E-state index contributed by atoms with van der Waals surface area (Å²) in [5.41, 5.74) is -0.00577. The maximum atomic E-state index is 14.3. The van der Waals surface area contributed by atoms with Crippen molar-refractivity contribution in [2.75, 3.05) is 73.0 Å². The highest BCUT2D eigenvalue weighted by Gasteiger charge is 2.40. The van der Waals surface area contributed by atoms with E-state index in [1.807, 2.05) is 12.1 Å². The zero-order valence-electron chi connectivity index (χ0n) is 37.3. The lowest BCUT2D eigenvalue weighted by atomic mass is 9.84. The Kier molecular flexibility index (Phi) is 12.2. The van der Waals surface area contributed by atoms with Crippen molar-refractivity contribution in [3.8, 4) is 0 Å². The summed E-state index contributed by atoms with van der Waals surface area (Å²) in [6.07, 6.45) is 11.2. The van der Waals surface area contributed by atoms with E-state index in [0.717, 1.165) is 83.2 Å². The van der Waals surface area contributed by atoms with Crippen LogP contribution in [0.5, 0.6) is 0 Å². The number of amides is 2. The number of carbonyl (C=O) groups is 2. The molecule has 2 atom stereocenters. The molecular weight excluding hydrogens is 891 g/mol. The van der Waals surface area contributed by atoms with Crippen molar-refractivity contribution in [2.45, 2.75) is 94.9 Å². The second kappa shape index (κ2) is 18.7. The molecule has 2 amide bonds. The van der Waals surface area contributed by atoms with Crippen LogP contribution >= 0.6 is 0 Å². The van der Waals surface area contributed by atoms with Crippen LogP contribution in [0.15, 0.2) is 49.3 Å². The Morgan fingerprint density at radius 1 is 0.691 bits per heavy atom. The van der Waals surface area contributed by atoms with E-state index in [1.165, 1.54) is 33.8 Å².